The zero-order chi connectivity index (χ0) is 27.8. The molecule has 1 amide bonds. The number of aromatic nitrogens is 1. The van der Waals surface area contributed by atoms with Gasteiger partial charge in [-0.25, -0.2) is 4.98 Å². The summed E-state index contributed by atoms with van der Waals surface area (Å²) in [6.07, 6.45) is -9.41. The maximum absolute atomic E-state index is 12.4. The lowest BCUT2D eigenvalue weighted by Crippen LogP contribution is -2.14. The van der Waals surface area contributed by atoms with Crippen LogP contribution in [0.5, 0.6) is 0 Å². The fraction of sp³-hybridized carbons (Fsp3) is 0.273. The molecule has 4 N–H and O–H groups in total. The van der Waals surface area contributed by atoms with Crippen molar-refractivity contribution in [1.29, 1.82) is 0 Å². The van der Waals surface area contributed by atoms with Crippen LogP contribution in [-0.4, -0.2) is 16.0 Å². The minimum atomic E-state index is -2.70. The third-order valence-corrected chi connectivity index (χ3v) is 4.29. The van der Waals surface area contributed by atoms with Crippen LogP contribution in [-0.2, 0) is 17.6 Å². The second-order valence-electron chi connectivity index (χ2n) is 5.72. The monoisotopic (exact) mass is 404 g/mol. The highest BCUT2D eigenvalue weighted by Gasteiger charge is 2.08. The molecule has 0 unspecified atom stereocenters. The lowest BCUT2D eigenvalue weighted by molar-refractivity contribution is -0.115. The van der Waals surface area contributed by atoms with E-state index in [0.29, 0.717) is 5.69 Å². The predicted octanol–water partition coefficient (Wildman–Crippen LogP) is 4.35. The molecular weight excluding hydrogens is 370 g/mol. The van der Waals surface area contributed by atoms with Gasteiger partial charge in [0.2, 0.25) is 5.91 Å². The third-order valence-electron chi connectivity index (χ3n) is 3.57. The van der Waals surface area contributed by atoms with Crippen molar-refractivity contribution >= 4 is 28.1 Å². The fourth-order valence-electron chi connectivity index (χ4n) is 2.28. The highest BCUT2D eigenvalue weighted by Crippen LogP contribution is 2.20. The van der Waals surface area contributed by atoms with E-state index in [9.17, 15) is 9.90 Å². The van der Waals surface area contributed by atoms with Crippen LogP contribution in [0.2, 0.25) is 0 Å². The Morgan fingerprint density at radius 2 is 2.04 bits per heavy atom. The molecule has 0 aliphatic rings. The van der Waals surface area contributed by atoms with E-state index in [0.717, 1.165) is 11.3 Å². The minimum Gasteiger partial charge on any atom is -0.388 e. The van der Waals surface area contributed by atoms with Gasteiger partial charge in [-0.3, -0.25) is 4.79 Å². The summed E-state index contributed by atoms with van der Waals surface area (Å²) in [5.41, 5.74) is 4.84. The number of hydrogen-bond acceptors (Lipinski definition) is 5. The number of nitrogens with two attached hydrogens (primary N) is 1. The first-order chi connectivity index (χ1) is 17.1. The number of anilines is 2. The van der Waals surface area contributed by atoms with E-state index < -0.39 is 73.0 Å². The first-order valence-electron chi connectivity index (χ1n) is 13.0. The molecule has 1 heterocycles. The molecule has 0 spiro atoms. The lowest BCUT2D eigenvalue weighted by Gasteiger charge is -2.10. The molecule has 28 heavy (non-hydrogen) atoms. The van der Waals surface area contributed by atoms with Crippen molar-refractivity contribution in [2.75, 3.05) is 11.1 Å². The Morgan fingerprint density at radius 3 is 2.71 bits per heavy atom. The summed E-state index contributed by atoms with van der Waals surface area (Å²) in [5, 5.41) is 14.7. The molecule has 1 atom stereocenters. The molecule has 0 fully saturated rings. The van der Waals surface area contributed by atoms with E-state index in [1.165, 1.54) is 24.3 Å². The number of thiazole rings is 1. The zero-order valence-corrected chi connectivity index (χ0v) is 15.7. The lowest BCUT2D eigenvalue weighted by atomic mass is 10.0. The van der Waals surface area contributed by atoms with Gasteiger partial charge in [0.25, 0.3) is 0 Å². The molecule has 2 aromatic carbocycles. The first kappa shape index (κ1) is 11.3. The van der Waals surface area contributed by atoms with E-state index in [4.69, 9.17) is 18.1 Å². The van der Waals surface area contributed by atoms with E-state index in [2.05, 4.69) is 10.3 Å². The quantitative estimate of drug-likeness (QED) is 0.495. The standard InChI is InChI=1S/C22H25N3O2S/c23-22-25-19(15-28-22)14-21(27)24-18-12-10-16(11-13-18)6-4-5-9-20(26)17-7-2-1-3-8-17/h1-3,7-8,10-13,15,20,26H,4-6,9,14H2,(H2,23,25)(H,24,27)/t20-/m0/s1/i6D2,9D2,10D,11D,12D,13D,20D. The van der Waals surface area contributed by atoms with Gasteiger partial charge >= 0.3 is 0 Å². The van der Waals surface area contributed by atoms with Gasteiger partial charge in [0.15, 0.2) is 5.13 Å². The zero-order valence-electron chi connectivity index (χ0n) is 23.9. The molecule has 0 saturated heterocycles. The van der Waals surface area contributed by atoms with E-state index in [1.807, 2.05) is 0 Å². The smallest absolute Gasteiger partial charge is 0.230 e. The summed E-state index contributed by atoms with van der Waals surface area (Å²) in [6, 6.07) is 4.63. The SMILES string of the molecule is [2H]c1c([2H])c(C([2H])([2H])CCC([2H])([2H])[C@]([2H])(O)c2ccccc2)c([2H])c([2H])c1NC(=O)Cc1csc(N)n1. The Labute approximate surface area is 181 Å². The molecule has 0 saturated carbocycles. The molecule has 3 aromatic rings. The summed E-state index contributed by atoms with van der Waals surface area (Å²) in [4.78, 5) is 16.3. The van der Waals surface area contributed by atoms with Crippen molar-refractivity contribution in [2.45, 2.75) is 38.1 Å². The summed E-state index contributed by atoms with van der Waals surface area (Å²) in [6.45, 7) is 0. The number of rotatable bonds is 9. The van der Waals surface area contributed by atoms with Crippen LogP contribution < -0.4 is 11.1 Å². The van der Waals surface area contributed by atoms with Gasteiger partial charge in [-0.15, -0.1) is 11.3 Å². The summed E-state index contributed by atoms with van der Waals surface area (Å²) in [5.74, 6) is -0.661. The maximum atomic E-state index is 12.4. The van der Waals surface area contributed by atoms with Crippen molar-refractivity contribution < 1.29 is 22.2 Å². The highest BCUT2D eigenvalue weighted by molar-refractivity contribution is 7.13. The number of nitrogens with zero attached hydrogens (tertiary/aromatic N) is 1. The van der Waals surface area contributed by atoms with E-state index in [1.54, 1.807) is 11.4 Å². The molecular formula is C22H25N3O2S. The van der Waals surface area contributed by atoms with Crippen LogP contribution in [0.25, 0.3) is 0 Å². The van der Waals surface area contributed by atoms with Gasteiger partial charge in [-0.05, 0) is 42.4 Å². The fourth-order valence-corrected chi connectivity index (χ4v) is 2.84. The Bertz CT molecular complexity index is 1270. The van der Waals surface area contributed by atoms with Crippen LogP contribution in [0.3, 0.4) is 0 Å². The van der Waals surface area contributed by atoms with Crippen molar-refractivity contribution in [2.24, 2.45) is 0 Å². The van der Waals surface area contributed by atoms with Crippen LogP contribution in [0.1, 0.15) is 54.5 Å². The molecule has 0 aliphatic carbocycles. The van der Waals surface area contributed by atoms with E-state index >= 15 is 0 Å². The summed E-state index contributed by atoms with van der Waals surface area (Å²) < 4.78 is 74.6. The number of nitrogen functional groups attached to an aromatic ring is 1. The van der Waals surface area contributed by atoms with Crippen molar-refractivity contribution in [3.63, 3.8) is 0 Å². The van der Waals surface area contributed by atoms with Crippen LogP contribution in [0.15, 0.2) is 59.9 Å². The van der Waals surface area contributed by atoms with Crippen molar-refractivity contribution in [1.82, 2.24) is 4.98 Å². The van der Waals surface area contributed by atoms with E-state index in [-0.39, 0.29) is 17.1 Å². The number of hydrogen-bond donors (Lipinski definition) is 3. The predicted molar refractivity (Wildman–Crippen MR) is 114 cm³/mol. The molecule has 146 valence electrons. The minimum absolute atomic E-state index is 0.0229. The maximum Gasteiger partial charge on any atom is 0.230 e. The average Bonchev–Trinajstić information content (AvgIpc) is 3.24. The summed E-state index contributed by atoms with van der Waals surface area (Å²) in [7, 11) is 0. The molecule has 0 radical (unpaired) electrons. The molecule has 0 aliphatic heterocycles. The molecule has 3 rings (SSSR count). The molecule has 6 heteroatoms. The van der Waals surface area contributed by atoms with Crippen molar-refractivity contribution in [3.8, 4) is 0 Å². The van der Waals surface area contributed by atoms with Gasteiger partial charge in [0.1, 0.15) is 0 Å². The molecule has 5 nitrogen and oxygen atoms in total. The van der Waals surface area contributed by atoms with Gasteiger partial charge in [0.05, 0.1) is 25.0 Å². The van der Waals surface area contributed by atoms with Crippen LogP contribution in [0, 0.1) is 0 Å². The largest absolute Gasteiger partial charge is 0.388 e. The van der Waals surface area contributed by atoms with Gasteiger partial charge < -0.3 is 16.2 Å². The third kappa shape index (κ3) is 6.18. The number of carbonyl (C=O) groups is 1. The number of benzene rings is 2. The molecule has 1 aromatic heterocycles. The highest BCUT2D eigenvalue weighted by atomic mass is 32.1. The van der Waals surface area contributed by atoms with Gasteiger partial charge in [-0.2, -0.15) is 0 Å². The Kier molecular flexibility index (Phi) is 4.05. The Balaban J connectivity index is 1.85. The summed E-state index contributed by atoms with van der Waals surface area (Å²) >= 11 is 1.13. The average molecular weight is 405 g/mol. The number of aliphatic hydroxyl groups is 1. The number of carbonyl (C=O) groups excluding carboxylic acids is 1. The first-order valence-corrected chi connectivity index (χ1v) is 9.35. The molecule has 0 bridgehead atoms. The van der Waals surface area contributed by atoms with Gasteiger partial charge in [-0.1, -0.05) is 48.8 Å². The van der Waals surface area contributed by atoms with Crippen molar-refractivity contribution in [3.05, 3.63) is 76.7 Å². The Hall–Kier alpha value is -2.70. The number of nitrogens with one attached hydrogen (secondary N) is 1. The van der Waals surface area contributed by atoms with Crippen LogP contribution in [0.4, 0.5) is 10.8 Å². The normalized spacial score (nSPS) is 18.7. The van der Waals surface area contributed by atoms with Crippen LogP contribution >= 0.6 is 11.3 Å². The van der Waals surface area contributed by atoms with Gasteiger partial charge in [0, 0.05) is 16.6 Å². The number of amides is 1. The topological polar surface area (TPSA) is 88.2 Å². The second kappa shape index (κ2) is 10.0. The second-order valence-corrected chi connectivity index (χ2v) is 6.61. The Morgan fingerprint density at radius 1 is 1.29 bits per heavy atom.